The minimum Gasteiger partial charge on any atom is -0.462 e. The van der Waals surface area contributed by atoms with Crippen LogP contribution in [0.3, 0.4) is 0 Å². The lowest BCUT2D eigenvalue weighted by Gasteiger charge is -2.23. The van der Waals surface area contributed by atoms with Crippen molar-refractivity contribution in [1.82, 2.24) is 25.1 Å². The Bertz CT molecular complexity index is 691. The lowest BCUT2D eigenvalue weighted by Crippen LogP contribution is -2.32. The summed E-state index contributed by atoms with van der Waals surface area (Å²) in [5, 5.41) is 8.81. The second kappa shape index (κ2) is 8.06. The van der Waals surface area contributed by atoms with Crippen molar-refractivity contribution in [2.75, 3.05) is 18.8 Å². The molecular weight excluding hydrogens is 423 g/mol. The highest BCUT2D eigenvalue weighted by Gasteiger charge is 2.21. The second-order valence-electron chi connectivity index (χ2n) is 6.52. The number of nitrogens with one attached hydrogen (secondary N) is 1. The van der Waals surface area contributed by atoms with Crippen LogP contribution in [-0.2, 0) is 9.53 Å². The maximum Gasteiger partial charge on any atom is 0.293 e. The van der Waals surface area contributed by atoms with Gasteiger partial charge in [-0.1, -0.05) is 0 Å². The molecule has 3 N–H and O–H groups in total. The van der Waals surface area contributed by atoms with Crippen LogP contribution in [0, 0.1) is 3.70 Å². The van der Waals surface area contributed by atoms with Crippen molar-refractivity contribution in [3.63, 3.8) is 0 Å². The average Bonchev–Trinajstić information content (AvgIpc) is 2.86. The maximum absolute atomic E-state index is 9.60. The molecule has 0 amide bonds. The number of ether oxygens (including phenoxy) is 1. The zero-order valence-electron chi connectivity index (χ0n) is 14.1. The van der Waals surface area contributed by atoms with Gasteiger partial charge in [0.2, 0.25) is 0 Å². The van der Waals surface area contributed by atoms with Crippen LogP contribution in [0.2, 0.25) is 0 Å². The Labute approximate surface area is 154 Å². The van der Waals surface area contributed by atoms with Crippen molar-refractivity contribution >= 4 is 45.9 Å². The topological polar surface area (TPSA) is 108 Å². The second-order valence-corrected chi connectivity index (χ2v) is 7.54. The Hall–Kier alpha value is -1.49. The minimum absolute atomic E-state index is 0.318. The lowest BCUT2D eigenvalue weighted by atomic mass is 10.1. The molecule has 8 nitrogen and oxygen atoms in total. The molecule has 0 spiro atoms. The third-order valence-electron chi connectivity index (χ3n) is 3.49. The molecular formula is C15H23IN6O2. The molecule has 0 aliphatic carbocycles. The van der Waals surface area contributed by atoms with Gasteiger partial charge in [-0.25, -0.2) is 14.6 Å². The van der Waals surface area contributed by atoms with Gasteiger partial charge >= 0.3 is 0 Å². The van der Waals surface area contributed by atoms with E-state index in [0.717, 1.165) is 34.2 Å². The van der Waals surface area contributed by atoms with Gasteiger partial charge in [0.15, 0.2) is 5.65 Å². The number of aromatic nitrogens is 4. The molecule has 0 saturated carbocycles. The monoisotopic (exact) mass is 446 g/mol. The van der Waals surface area contributed by atoms with Crippen molar-refractivity contribution in [3.05, 3.63) is 10.0 Å². The number of hydrogen-bond acceptors (Lipinski definition) is 7. The van der Waals surface area contributed by atoms with Crippen molar-refractivity contribution in [1.29, 1.82) is 0 Å². The SMILES string of the molecule is CC(C)(C)OC=O.Nc1ncnc2c1c(I)nn2C1CCCNC1. The average molecular weight is 446 g/mol. The van der Waals surface area contributed by atoms with Gasteiger partial charge in [-0.05, 0) is 62.7 Å². The number of nitrogen functional groups attached to an aromatic ring is 1. The van der Waals surface area contributed by atoms with Crippen LogP contribution in [0.5, 0.6) is 0 Å². The molecule has 0 radical (unpaired) electrons. The first-order valence-corrected chi connectivity index (χ1v) is 8.87. The molecule has 1 atom stereocenters. The molecule has 1 aliphatic rings. The predicted molar refractivity (Wildman–Crippen MR) is 100 cm³/mol. The van der Waals surface area contributed by atoms with Gasteiger partial charge in [-0.2, -0.15) is 5.10 Å². The fourth-order valence-corrected chi connectivity index (χ4v) is 3.14. The van der Waals surface area contributed by atoms with Gasteiger partial charge in [0, 0.05) is 6.54 Å². The molecule has 24 heavy (non-hydrogen) atoms. The van der Waals surface area contributed by atoms with E-state index < -0.39 is 0 Å². The summed E-state index contributed by atoms with van der Waals surface area (Å²) < 4.78 is 7.41. The number of fused-ring (bicyclic) bond motifs is 1. The summed E-state index contributed by atoms with van der Waals surface area (Å²) in [7, 11) is 0. The summed E-state index contributed by atoms with van der Waals surface area (Å²) in [5.74, 6) is 0.509. The van der Waals surface area contributed by atoms with E-state index in [2.05, 4.69) is 47.7 Å². The summed E-state index contributed by atoms with van der Waals surface area (Å²) in [4.78, 5) is 17.9. The molecule has 2 aromatic heterocycles. The van der Waals surface area contributed by atoms with Crippen molar-refractivity contribution in [3.8, 4) is 0 Å². The third-order valence-corrected chi connectivity index (χ3v) is 4.25. The van der Waals surface area contributed by atoms with Crippen LogP contribution in [0.15, 0.2) is 6.33 Å². The molecule has 3 heterocycles. The Morgan fingerprint density at radius 3 is 2.75 bits per heavy atom. The van der Waals surface area contributed by atoms with E-state index in [1.165, 1.54) is 12.7 Å². The Morgan fingerprint density at radius 2 is 2.21 bits per heavy atom. The van der Waals surface area contributed by atoms with Crippen LogP contribution < -0.4 is 11.1 Å². The van der Waals surface area contributed by atoms with E-state index in [1.54, 1.807) is 0 Å². The standard InChI is InChI=1S/C10H13IN6.C5H10O2/c11-8-7-9(12)14-5-15-10(7)17(16-8)6-2-1-3-13-4-6;1-5(2,3)7-4-6/h5-6,13H,1-4H2,(H2,12,14,15);4H,1-3H3. The zero-order chi connectivity index (χ0) is 17.7. The predicted octanol–water partition coefficient (Wildman–Crippen LogP) is 1.90. The highest BCUT2D eigenvalue weighted by molar-refractivity contribution is 14.1. The molecule has 1 unspecified atom stereocenters. The van der Waals surface area contributed by atoms with E-state index in [9.17, 15) is 4.79 Å². The third kappa shape index (κ3) is 4.76. The van der Waals surface area contributed by atoms with E-state index in [-0.39, 0.29) is 5.60 Å². The Balaban J connectivity index is 0.000000256. The number of nitrogens with zero attached hydrogens (tertiary/aromatic N) is 4. The summed E-state index contributed by atoms with van der Waals surface area (Å²) in [6.45, 7) is 7.95. The van der Waals surface area contributed by atoms with Gasteiger partial charge < -0.3 is 15.8 Å². The van der Waals surface area contributed by atoms with E-state index in [4.69, 9.17) is 5.73 Å². The summed E-state index contributed by atoms with van der Waals surface area (Å²) in [6.07, 6.45) is 3.80. The van der Waals surface area contributed by atoms with E-state index in [1.807, 2.05) is 25.5 Å². The van der Waals surface area contributed by atoms with Crippen LogP contribution in [0.1, 0.15) is 39.7 Å². The Morgan fingerprint density at radius 1 is 1.46 bits per heavy atom. The molecule has 2 aromatic rings. The normalized spacial score (nSPS) is 17.9. The molecule has 1 aliphatic heterocycles. The highest BCUT2D eigenvalue weighted by atomic mass is 127. The van der Waals surface area contributed by atoms with Crippen molar-refractivity contribution in [2.45, 2.75) is 45.3 Å². The van der Waals surface area contributed by atoms with Gasteiger partial charge in [-0.3, -0.25) is 4.79 Å². The molecule has 0 aromatic carbocycles. The summed E-state index contributed by atoms with van der Waals surface area (Å²) >= 11 is 2.19. The first kappa shape index (κ1) is 18.8. The van der Waals surface area contributed by atoms with Gasteiger partial charge in [-0.15, -0.1) is 0 Å². The molecule has 1 saturated heterocycles. The molecule has 3 rings (SSSR count). The number of halogens is 1. The molecule has 0 bridgehead atoms. The minimum atomic E-state index is -0.318. The molecule has 9 heteroatoms. The van der Waals surface area contributed by atoms with E-state index in [0.29, 0.717) is 18.3 Å². The first-order valence-electron chi connectivity index (χ1n) is 7.80. The summed E-state index contributed by atoms with van der Waals surface area (Å²) in [5.41, 5.74) is 6.40. The maximum atomic E-state index is 9.60. The Kier molecular flexibility index (Phi) is 6.33. The number of hydrogen-bond donors (Lipinski definition) is 2. The molecule has 1 fully saturated rings. The van der Waals surface area contributed by atoms with Crippen LogP contribution >= 0.6 is 22.6 Å². The number of anilines is 1. The van der Waals surface area contributed by atoms with Gasteiger partial charge in [0.1, 0.15) is 21.4 Å². The smallest absolute Gasteiger partial charge is 0.293 e. The van der Waals surface area contributed by atoms with Gasteiger partial charge in [0.05, 0.1) is 11.4 Å². The highest BCUT2D eigenvalue weighted by Crippen LogP contribution is 2.27. The molecule has 132 valence electrons. The fraction of sp³-hybridized carbons (Fsp3) is 0.600. The largest absolute Gasteiger partial charge is 0.462 e. The van der Waals surface area contributed by atoms with E-state index >= 15 is 0 Å². The lowest BCUT2D eigenvalue weighted by molar-refractivity contribution is -0.138. The first-order chi connectivity index (χ1) is 11.3. The number of carbonyl (C=O) groups is 1. The summed E-state index contributed by atoms with van der Waals surface area (Å²) in [6, 6.07) is 0.365. The fourth-order valence-electron chi connectivity index (χ4n) is 2.39. The van der Waals surface area contributed by atoms with Crippen LogP contribution in [0.4, 0.5) is 5.82 Å². The van der Waals surface area contributed by atoms with Crippen LogP contribution in [0.25, 0.3) is 11.0 Å². The van der Waals surface area contributed by atoms with Gasteiger partial charge in [0.25, 0.3) is 6.47 Å². The van der Waals surface area contributed by atoms with Crippen molar-refractivity contribution < 1.29 is 9.53 Å². The van der Waals surface area contributed by atoms with Crippen molar-refractivity contribution in [2.24, 2.45) is 0 Å². The van der Waals surface area contributed by atoms with Crippen LogP contribution in [-0.4, -0.2) is 44.9 Å². The zero-order valence-corrected chi connectivity index (χ0v) is 16.3. The number of carbonyl (C=O) groups excluding carboxylic acids is 1. The quantitative estimate of drug-likeness (QED) is 0.536. The number of nitrogens with two attached hydrogens (primary N) is 1. The number of piperidine rings is 1. The number of rotatable bonds is 2.